The summed E-state index contributed by atoms with van der Waals surface area (Å²) in [4.78, 5) is 0. The van der Waals surface area contributed by atoms with E-state index < -0.39 is 0 Å². The Morgan fingerprint density at radius 1 is 1.37 bits per heavy atom. The molecule has 19 heavy (non-hydrogen) atoms. The molecule has 6 heteroatoms. The van der Waals surface area contributed by atoms with Crippen LogP contribution in [0.15, 0.2) is 28.7 Å². The summed E-state index contributed by atoms with van der Waals surface area (Å²) in [5, 5.41) is 4.82. The Hall–Kier alpha value is -1.59. The minimum Gasteiger partial charge on any atom is -0.453 e. The molecule has 3 rings (SSSR count). The molecule has 4 nitrogen and oxygen atoms in total. The van der Waals surface area contributed by atoms with Gasteiger partial charge in [-0.15, -0.1) is 0 Å². The highest BCUT2D eigenvalue weighted by Gasteiger charge is 2.15. The maximum absolute atomic E-state index is 6.11. The lowest BCUT2D eigenvalue weighted by molar-refractivity contribution is 0.630. The molecule has 2 heterocycles. The van der Waals surface area contributed by atoms with Gasteiger partial charge in [-0.3, -0.25) is 0 Å². The molecule has 1 N–H and O–H groups in total. The highest BCUT2D eigenvalue weighted by atomic mass is 35.5. The zero-order valence-electron chi connectivity index (χ0n) is 10.3. The van der Waals surface area contributed by atoms with Crippen LogP contribution in [0.3, 0.4) is 0 Å². The molecular formula is C13H12ClN3OS. The second-order valence-corrected chi connectivity index (χ2v) is 5.09. The molecule has 3 aromatic rings. The third kappa shape index (κ3) is 2.31. The van der Waals surface area contributed by atoms with Crippen LogP contribution in [-0.4, -0.2) is 15.3 Å². The summed E-state index contributed by atoms with van der Waals surface area (Å²) in [5.74, 6) is 1.46. The third-order valence-corrected chi connectivity index (χ3v) is 3.59. The number of hydrogen-bond donors (Lipinski definition) is 1. The monoisotopic (exact) mass is 293 g/mol. The topological polar surface area (TPSA) is 51.0 Å². The molecule has 0 aliphatic heterocycles. The van der Waals surface area contributed by atoms with E-state index in [1.165, 1.54) is 11.7 Å². The molecule has 2 aromatic heterocycles. The van der Waals surface area contributed by atoms with Crippen molar-refractivity contribution in [2.45, 2.75) is 13.3 Å². The van der Waals surface area contributed by atoms with Gasteiger partial charge >= 0.3 is 0 Å². The quantitative estimate of drug-likeness (QED) is 0.773. The van der Waals surface area contributed by atoms with Crippen molar-refractivity contribution < 1.29 is 4.42 Å². The maximum Gasteiger partial charge on any atom is 0.171 e. The normalized spacial score (nSPS) is 11.1. The molecule has 0 unspecified atom stereocenters. The lowest BCUT2D eigenvalue weighted by Crippen LogP contribution is -2.00. The molecule has 0 fully saturated rings. The fraction of sp³-hybridized carbons (Fsp3) is 0.231. The van der Waals surface area contributed by atoms with Gasteiger partial charge in [-0.05, 0) is 18.6 Å². The van der Waals surface area contributed by atoms with E-state index in [0.29, 0.717) is 16.4 Å². The number of benzene rings is 1. The Kier molecular flexibility index (Phi) is 3.40. The van der Waals surface area contributed by atoms with Crippen molar-refractivity contribution in [3.63, 3.8) is 0 Å². The van der Waals surface area contributed by atoms with Crippen LogP contribution in [-0.2, 0) is 0 Å². The van der Waals surface area contributed by atoms with E-state index in [-0.39, 0.29) is 0 Å². The van der Waals surface area contributed by atoms with Crippen LogP contribution in [0.1, 0.15) is 13.3 Å². The molecule has 0 spiro atoms. The SMILES string of the molecule is CCCNc1nsnc1-c1cc2cccc(Cl)c2o1. The zero-order chi connectivity index (χ0) is 13.2. The van der Waals surface area contributed by atoms with Crippen molar-refractivity contribution in [3.8, 4) is 11.5 Å². The fourth-order valence-electron chi connectivity index (χ4n) is 1.85. The van der Waals surface area contributed by atoms with Crippen LogP contribution in [0.25, 0.3) is 22.4 Å². The highest BCUT2D eigenvalue weighted by Crippen LogP contribution is 2.34. The van der Waals surface area contributed by atoms with Crippen molar-refractivity contribution in [1.82, 2.24) is 8.75 Å². The Morgan fingerprint density at radius 2 is 2.26 bits per heavy atom. The lowest BCUT2D eigenvalue weighted by Gasteiger charge is -2.00. The number of furan rings is 1. The zero-order valence-corrected chi connectivity index (χ0v) is 11.9. The van der Waals surface area contributed by atoms with E-state index >= 15 is 0 Å². The summed E-state index contributed by atoms with van der Waals surface area (Å²) in [5.41, 5.74) is 1.43. The minimum absolute atomic E-state index is 0.606. The number of fused-ring (bicyclic) bond motifs is 1. The van der Waals surface area contributed by atoms with Crippen molar-refractivity contribution in [2.75, 3.05) is 11.9 Å². The predicted molar refractivity (Wildman–Crippen MR) is 78.9 cm³/mol. The van der Waals surface area contributed by atoms with Crippen molar-refractivity contribution in [2.24, 2.45) is 0 Å². The average Bonchev–Trinajstić information content (AvgIpc) is 3.02. The van der Waals surface area contributed by atoms with E-state index in [1.807, 2.05) is 24.3 Å². The molecule has 1 aromatic carbocycles. The van der Waals surface area contributed by atoms with Crippen LogP contribution in [0.5, 0.6) is 0 Å². The predicted octanol–water partition coefficient (Wildman–Crippen LogP) is 4.43. The fourth-order valence-corrected chi connectivity index (χ4v) is 2.61. The van der Waals surface area contributed by atoms with Gasteiger partial charge in [0.2, 0.25) is 0 Å². The second kappa shape index (κ2) is 5.19. The van der Waals surface area contributed by atoms with Crippen molar-refractivity contribution in [3.05, 3.63) is 29.3 Å². The second-order valence-electron chi connectivity index (χ2n) is 4.16. The first kappa shape index (κ1) is 12.4. The molecular weight excluding hydrogens is 282 g/mol. The molecule has 0 aliphatic rings. The number of nitrogens with zero attached hydrogens (tertiary/aromatic N) is 2. The summed E-state index contributed by atoms with van der Waals surface area (Å²) in [7, 11) is 0. The van der Waals surface area contributed by atoms with E-state index in [2.05, 4.69) is 21.0 Å². The Labute approximate surface area is 119 Å². The molecule has 0 atom stereocenters. The first-order chi connectivity index (χ1) is 9.29. The summed E-state index contributed by atoms with van der Waals surface area (Å²) in [6.07, 6.45) is 1.03. The van der Waals surface area contributed by atoms with Crippen LogP contribution in [0.2, 0.25) is 5.02 Å². The lowest BCUT2D eigenvalue weighted by atomic mass is 10.2. The van der Waals surface area contributed by atoms with E-state index in [9.17, 15) is 0 Å². The number of nitrogens with one attached hydrogen (secondary N) is 1. The molecule has 0 saturated heterocycles. The van der Waals surface area contributed by atoms with Gasteiger partial charge in [-0.1, -0.05) is 30.7 Å². The molecule has 0 saturated carbocycles. The summed E-state index contributed by atoms with van der Waals surface area (Å²) in [6.45, 7) is 2.97. The summed E-state index contributed by atoms with van der Waals surface area (Å²) < 4.78 is 14.3. The molecule has 0 bridgehead atoms. The molecule has 0 aliphatic carbocycles. The van der Waals surface area contributed by atoms with E-state index in [1.54, 1.807) is 0 Å². The van der Waals surface area contributed by atoms with Crippen molar-refractivity contribution in [1.29, 1.82) is 0 Å². The largest absolute Gasteiger partial charge is 0.453 e. The number of para-hydroxylation sites is 1. The number of aromatic nitrogens is 2. The molecule has 0 radical (unpaired) electrons. The molecule has 0 amide bonds. The number of halogens is 1. The Bertz CT molecular complexity index is 707. The minimum atomic E-state index is 0.606. The van der Waals surface area contributed by atoms with Gasteiger partial charge in [0.25, 0.3) is 0 Å². The van der Waals surface area contributed by atoms with Crippen LogP contribution in [0, 0.1) is 0 Å². The number of hydrogen-bond acceptors (Lipinski definition) is 5. The van der Waals surface area contributed by atoms with Crippen LogP contribution >= 0.6 is 23.3 Å². The first-order valence-corrected chi connectivity index (χ1v) is 7.15. The standard InChI is InChI=1S/C13H12ClN3OS/c1-2-6-15-13-11(16-19-17-13)10-7-8-4-3-5-9(14)12(8)18-10/h3-5,7H,2,6H2,1H3,(H,15,17). The van der Waals surface area contributed by atoms with E-state index in [0.717, 1.165) is 29.9 Å². The highest BCUT2D eigenvalue weighted by molar-refractivity contribution is 6.99. The molecule has 98 valence electrons. The van der Waals surface area contributed by atoms with Gasteiger partial charge in [0, 0.05) is 11.9 Å². The average molecular weight is 294 g/mol. The third-order valence-electron chi connectivity index (χ3n) is 2.76. The van der Waals surface area contributed by atoms with Gasteiger partial charge in [0.05, 0.1) is 16.8 Å². The number of rotatable bonds is 4. The summed E-state index contributed by atoms with van der Waals surface area (Å²) in [6, 6.07) is 7.62. The van der Waals surface area contributed by atoms with Gasteiger partial charge in [0.15, 0.2) is 22.9 Å². The van der Waals surface area contributed by atoms with Crippen molar-refractivity contribution >= 4 is 40.1 Å². The van der Waals surface area contributed by atoms with Crippen LogP contribution < -0.4 is 5.32 Å². The number of anilines is 1. The maximum atomic E-state index is 6.11. The van der Waals surface area contributed by atoms with Gasteiger partial charge in [-0.25, -0.2) is 0 Å². The van der Waals surface area contributed by atoms with Gasteiger partial charge in [-0.2, -0.15) is 8.75 Å². The first-order valence-electron chi connectivity index (χ1n) is 6.04. The summed E-state index contributed by atoms with van der Waals surface area (Å²) >= 11 is 7.28. The Balaban J connectivity index is 2.04. The van der Waals surface area contributed by atoms with Gasteiger partial charge < -0.3 is 9.73 Å². The van der Waals surface area contributed by atoms with E-state index in [4.69, 9.17) is 16.0 Å². The van der Waals surface area contributed by atoms with Gasteiger partial charge in [0.1, 0.15) is 0 Å². The Morgan fingerprint density at radius 3 is 3.05 bits per heavy atom. The smallest absolute Gasteiger partial charge is 0.171 e. The van der Waals surface area contributed by atoms with Crippen LogP contribution in [0.4, 0.5) is 5.82 Å².